The van der Waals surface area contributed by atoms with Gasteiger partial charge in [-0.2, -0.15) is 5.26 Å². The summed E-state index contributed by atoms with van der Waals surface area (Å²) in [5.74, 6) is -0.179. The molecule has 1 aliphatic heterocycles. The van der Waals surface area contributed by atoms with Crippen LogP contribution in [0.25, 0.3) is 0 Å². The van der Waals surface area contributed by atoms with Gasteiger partial charge in [0, 0.05) is 38.9 Å². The van der Waals surface area contributed by atoms with Crippen LogP contribution in [0, 0.1) is 16.7 Å². The van der Waals surface area contributed by atoms with Crippen molar-refractivity contribution >= 4 is 11.6 Å². The average Bonchev–Trinajstić information content (AvgIpc) is 3.55. The lowest BCUT2D eigenvalue weighted by atomic mass is 9.74. The Morgan fingerprint density at radius 1 is 1.28 bits per heavy atom. The predicted octanol–water partition coefficient (Wildman–Crippen LogP) is 3.71. The monoisotopic (exact) mass is 491 g/mol. The maximum Gasteiger partial charge on any atom is 0.287 e. The van der Waals surface area contributed by atoms with Crippen molar-refractivity contribution in [3.63, 3.8) is 0 Å². The molecule has 8 heteroatoms. The number of piperazine rings is 1. The topological polar surface area (TPSA) is 100 Å². The summed E-state index contributed by atoms with van der Waals surface area (Å²) in [6, 6.07) is 1.93. The third kappa shape index (κ3) is 6.32. The van der Waals surface area contributed by atoms with Gasteiger partial charge in [-0.3, -0.25) is 14.7 Å². The van der Waals surface area contributed by atoms with Gasteiger partial charge in [0.1, 0.15) is 6.07 Å². The van der Waals surface area contributed by atoms with Crippen LogP contribution < -0.4 is 5.32 Å². The van der Waals surface area contributed by atoms with Crippen molar-refractivity contribution in [1.29, 1.82) is 5.26 Å². The highest BCUT2D eigenvalue weighted by Crippen LogP contribution is 2.48. The van der Waals surface area contributed by atoms with E-state index in [0.29, 0.717) is 12.0 Å². The van der Waals surface area contributed by atoms with Gasteiger partial charge in [-0.1, -0.05) is 30.6 Å². The second-order valence-electron chi connectivity index (χ2n) is 11.2. The second kappa shape index (κ2) is 11.5. The molecule has 194 valence electrons. The highest BCUT2D eigenvalue weighted by Gasteiger charge is 2.35. The number of nitrogens with one attached hydrogen (secondary N) is 2. The van der Waals surface area contributed by atoms with Crippen LogP contribution in [-0.2, 0) is 0 Å². The van der Waals surface area contributed by atoms with Crippen LogP contribution in [0.1, 0.15) is 75.1 Å². The summed E-state index contributed by atoms with van der Waals surface area (Å²) in [5.41, 5.74) is 3.09. The van der Waals surface area contributed by atoms with Crippen molar-refractivity contribution < 1.29 is 4.79 Å². The van der Waals surface area contributed by atoms with Crippen molar-refractivity contribution in [1.82, 2.24) is 25.1 Å². The van der Waals surface area contributed by atoms with Crippen LogP contribution >= 0.6 is 0 Å². The quantitative estimate of drug-likeness (QED) is 0.427. The van der Waals surface area contributed by atoms with E-state index in [9.17, 15) is 4.79 Å². The molecule has 0 aromatic carbocycles. The number of amides is 1. The molecule has 8 nitrogen and oxygen atoms in total. The molecule has 0 bridgehead atoms. The maximum atomic E-state index is 12.3. The van der Waals surface area contributed by atoms with Gasteiger partial charge in [0.2, 0.25) is 0 Å². The molecule has 2 N–H and O–H groups in total. The van der Waals surface area contributed by atoms with Gasteiger partial charge in [-0.25, -0.2) is 4.98 Å². The first-order valence-corrected chi connectivity index (χ1v) is 13.4. The molecule has 36 heavy (non-hydrogen) atoms. The number of imidazole rings is 1. The number of nitrogens with zero attached hydrogens (tertiary/aromatic N) is 5. The summed E-state index contributed by atoms with van der Waals surface area (Å²) >= 11 is 0. The number of likely N-dealkylation sites (N-methyl/N-ethyl adjacent to an activating group) is 1. The fourth-order valence-electron chi connectivity index (χ4n) is 5.78. The first-order chi connectivity index (χ1) is 17.3. The number of rotatable bonds is 8. The zero-order chi connectivity index (χ0) is 25.6. The van der Waals surface area contributed by atoms with Crippen molar-refractivity contribution in [2.24, 2.45) is 10.4 Å². The second-order valence-corrected chi connectivity index (χ2v) is 11.2. The smallest absolute Gasteiger partial charge is 0.287 e. The Kier molecular flexibility index (Phi) is 8.43. The summed E-state index contributed by atoms with van der Waals surface area (Å²) in [6.07, 6.45) is 17.2. The minimum atomic E-state index is -0.328. The molecule has 1 saturated heterocycles. The Morgan fingerprint density at radius 2 is 2.03 bits per heavy atom. The first kappa shape index (κ1) is 26.3. The number of hydrogen-bond acceptors (Lipinski definition) is 6. The fourth-order valence-corrected chi connectivity index (χ4v) is 5.78. The zero-order valence-electron chi connectivity index (χ0n) is 22.1. The highest BCUT2D eigenvalue weighted by atomic mass is 16.2. The summed E-state index contributed by atoms with van der Waals surface area (Å²) in [6.45, 7) is 9.77. The number of carbonyl (C=O) groups excluding carboxylic acids is 1. The molecule has 2 heterocycles. The summed E-state index contributed by atoms with van der Waals surface area (Å²) in [5, 5.41) is 11.8. The first-order valence-electron chi connectivity index (χ1n) is 13.4. The van der Waals surface area contributed by atoms with Crippen LogP contribution in [-0.4, -0.2) is 83.2 Å². The Balaban J connectivity index is 1.43. The summed E-state index contributed by atoms with van der Waals surface area (Å²) in [7, 11) is 2.17. The molecule has 0 unspecified atom stereocenters. The van der Waals surface area contributed by atoms with E-state index in [4.69, 9.17) is 10.3 Å². The van der Waals surface area contributed by atoms with Crippen LogP contribution in [0.3, 0.4) is 0 Å². The molecule has 1 aromatic heterocycles. The Hall–Kier alpha value is -2.76. The normalized spacial score (nSPS) is 21.6. The molecular weight excluding hydrogens is 450 g/mol. The molecule has 3 aliphatic rings. The Bertz CT molecular complexity index is 1040. The van der Waals surface area contributed by atoms with Crippen molar-refractivity contribution in [2.75, 3.05) is 46.3 Å². The van der Waals surface area contributed by atoms with E-state index >= 15 is 0 Å². The lowest BCUT2D eigenvalue weighted by molar-refractivity contribution is 0.0948. The standard InChI is InChI=1S/C28H41N7O/c1-27(2,35-17-15-34(3)16-18-35)24(7-6-14-30-26(36)25-32-21-23(19-29)33-25)31-20-22-8-12-28(13-9-22)10-4-5-11-28/h6-8,21H,4-5,9-18,20H2,1-3H3,(H,30,36)(H,32,33)/b7-6-,31-24+. The van der Waals surface area contributed by atoms with E-state index < -0.39 is 0 Å². The Morgan fingerprint density at radius 3 is 2.67 bits per heavy atom. The largest absolute Gasteiger partial charge is 0.346 e. The molecule has 2 fully saturated rings. The Labute approximate surface area is 215 Å². The zero-order valence-corrected chi connectivity index (χ0v) is 22.1. The molecule has 0 atom stereocenters. The number of aliphatic imine (C=N–C) groups is 1. The molecule has 1 spiro atoms. The van der Waals surface area contributed by atoms with Crippen molar-refractivity contribution in [2.45, 2.75) is 64.3 Å². The van der Waals surface area contributed by atoms with E-state index in [2.05, 4.69) is 58.1 Å². The lowest BCUT2D eigenvalue weighted by Crippen LogP contribution is -2.57. The molecular formula is C28H41N7O. The van der Waals surface area contributed by atoms with Crippen molar-refractivity contribution in [3.8, 4) is 6.07 Å². The number of aromatic amines is 1. The summed E-state index contributed by atoms with van der Waals surface area (Å²) < 4.78 is 0. The average molecular weight is 492 g/mol. The van der Waals surface area contributed by atoms with E-state index in [1.54, 1.807) is 0 Å². The van der Waals surface area contributed by atoms with Gasteiger partial charge < -0.3 is 15.2 Å². The molecule has 2 aliphatic carbocycles. The van der Waals surface area contributed by atoms with Gasteiger partial charge >= 0.3 is 0 Å². The molecule has 4 rings (SSSR count). The minimum Gasteiger partial charge on any atom is -0.346 e. The van der Waals surface area contributed by atoms with Crippen LogP contribution in [0.4, 0.5) is 0 Å². The number of nitriles is 1. The van der Waals surface area contributed by atoms with E-state index in [1.807, 2.05) is 12.1 Å². The van der Waals surface area contributed by atoms with Gasteiger partial charge in [-0.15, -0.1) is 0 Å². The lowest BCUT2D eigenvalue weighted by Gasteiger charge is -2.43. The van der Waals surface area contributed by atoms with Gasteiger partial charge in [0.05, 0.1) is 17.8 Å². The van der Waals surface area contributed by atoms with Gasteiger partial charge in [0.25, 0.3) is 5.91 Å². The number of carbonyl (C=O) groups is 1. The summed E-state index contributed by atoms with van der Waals surface area (Å²) in [4.78, 5) is 29.1. The minimum absolute atomic E-state index is 0.149. The molecule has 1 saturated carbocycles. The number of H-pyrrole nitrogens is 1. The van der Waals surface area contributed by atoms with Crippen LogP contribution in [0.2, 0.25) is 0 Å². The fraction of sp³-hybridized carbons (Fsp3) is 0.643. The van der Waals surface area contributed by atoms with Crippen LogP contribution in [0.5, 0.6) is 0 Å². The van der Waals surface area contributed by atoms with E-state index in [0.717, 1.165) is 38.4 Å². The SMILES string of the molecule is CN1CCN(C(C)(C)C(/C=C\CNC(=O)c2nc(C#N)c[nH]2)=N/CC2=CCC3(CCCC3)CC2)CC1. The van der Waals surface area contributed by atoms with E-state index in [1.165, 1.54) is 56.7 Å². The van der Waals surface area contributed by atoms with E-state index in [-0.39, 0.29) is 23.0 Å². The maximum absolute atomic E-state index is 12.3. The van der Waals surface area contributed by atoms with Crippen LogP contribution in [0.15, 0.2) is 35.0 Å². The predicted molar refractivity (Wildman–Crippen MR) is 143 cm³/mol. The molecule has 1 amide bonds. The molecule has 0 radical (unpaired) electrons. The number of hydrogen-bond donors (Lipinski definition) is 2. The van der Waals surface area contributed by atoms with Gasteiger partial charge in [0.15, 0.2) is 11.5 Å². The highest BCUT2D eigenvalue weighted by molar-refractivity contribution is 6.02. The molecule has 1 aromatic rings. The number of aromatic nitrogens is 2. The third-order valence-electron chi connectivity index (χ3n) is 8.40. The third-order valence-corrected chi connectivity index (χ3v) is 8.40. The van der Waals surface area contributed by atoms with Gasteiger partial charge in [-0.05, 0) is 64.5 Å². The number of allylic oxidation sites excluding steroid dienone is 1. The van der Waals surface area contributed by atoms with Crippen molar-refractivity contribution in [3.05, 3.63) is 41.5 Å².